The highest BCUT2D eigenvalue weighted by atomic mass is 32.2. The molecule has 0 aliphatic heterocycles. The van der Waals surface area contributed by atoms with Crippen molar-refractivity contribution in [3.05, 3.63) is 71.8 Å². The van der Waals surface area contributed by atoms with Crippen LogP contribution >= 0.6 is 0 Å². The van der Waals surface area contributed by atoms with Crippen LogP contribution in [-0.2, 0) is 9.84 Å². The van der Waals surface area contributed by atoms with Gasteiger partial charge in [-0.3, -0.25) is 0 Å². The van der Waals surface area contributed by atoms with E-state index in [0.717, 1.165) is 0 Å². The normalized spacial score (nSPS) is 23.6. The number of rotatable bonds is 4. The number of benzene rings is 2. The van der Waals surface area contributed by atoms with E-state index in [2.05, 4.69) is 32.0 Å². The van der Waals surface area contributed by atoms with Crippen LogP contribution in [0.15, 0.2) is 65.6 Å². The standard InChI is InChI=1S/C20H22O3SSi/c1-15-7-6-10-19(16(15)2)25-18-11-13-20(21,14-12-18)24(22,23)17-8-4-3-5-9-17/h3-11,13,18,21H,12,14H2,1-2H3/t18-,20-/m1/s1. The lowest BCUT2D eigenvalue weighted by Crippen LogP contribution is -2.39. The molecule has 3 nitrogen and oxygen atoms in total. The van der Waals surface area contributed by atoms with E-state index in [1.54, 1.807) is 18.2 Å². The average molecular weight is 371 g/mol. The van der Waals surface area contributed by atoms with Gasteiger partial charge in [-0.2, -0.15) is 0 Å². The maximum absolute atomic E-state index is 12.8. The van der Waals surface area contributed by atoms with E-state index in [0.29, 0.717) is 15.9 Å². The number of allylic oxidation sites excluding steroid dienone is 1. The van der Waals surface area contributed by atoms with Crippen LogP contribution in [0.5, 0.6) is 0 Å². The van der Waals surface area contributed by atoms with Gasteiger partial charge in [-0.05, 0) is 61.6 Å². The molecule has 2 atom stereocenters. The van der Waals surface area contributed by atoms with Gasteiger partial charge < -0.3 is 5.11 Å². The number of sulfone groups is 1. The Hall–Kier alpha value is -1.69. The molecule has 0 fully saturated rings. The SMILES string of the molecule is Cc1cccc([Si][C@@H]2C=C[C@@](O)(S(=O)(=O)c3ccccc3)CC2)c1C. The highest BCUT2D eigenvalue weighted by Gasteiger charge is 2.42. The Balaban J connectivity index is 1.81. The zero-order valence-corrected chi connectivity index (χ0v) is 16.3. The van der Waals surface area contributed by atoms with Gasteiger partial charge in [0, 0.05) is 0 Å². The van der Waals surface area contributed by atoms with E-state index in [1.165, 1.54) is 34.5 Å². The second kappa shape index (κ2) is 6.90. The van der Waals surface area contributed by atoms with Gasteiger partial charge in [0.15, 0.2) is 4.93 Å². The fourth-order valence-corrected chi connectivity index (χ4v) is 6.12. The molecule has 0 unspecified atom stereocenters. The summed E-state index contributed by atoms with van der Waals surface area (Å²) < 4.78 is 25.5. The van der Waals surface area contributed by atoms with Gasteiger partial charge in [0.25, 0.3) is 0 Å². The second-order valence-corrected chi connectivity index (χ2v) is 10.3. The number of aryl methyl sites for hydroxylation is 1. The Morgan fingerprint density at radius 2 is 1.80 bits per heavy atom. The number of hydrogen-bond donors (Lipinski definition) is 1. The van der Waals surface area contributed by atoms with Crippen molar-refractivity contribution in [2.75, 3.05) is 0 Å². The number of aliphatic hydroxyl groups is 1. The van der Waals surface area contributed by atoms with Gasteiger partial charge in [-0.15, -0.1) is 0 Å². The van der Waals surface area contributed by atoms with Crippen molar-refractivity contribution in [1.29, 1.82) is 0 Å². The summed E-state index contributed by atoms with van der Waals surface area (Å²) >= 11 is 0. The van der Waals surface area contributed by atoms with Gasteiger partial charge in [0.1, 0.15) is 0 Å². The molecule has 0 spiro atoms. The summed E-state index contributed by atoms with van der Waals surface area (Å²) in [7, 11) is -3.22. The van der Waals surface area contributed by atoms with Crippen LogP contribution in [0.25, 0.3) is 0 Å². The molecular formula is C20H22O3SSi. The van der Waals surface area contributed by atoms with Gasteiger partial charge in [-0.25, -0.2) is 8.42 Å². The van der Waals surface area contributed by atoms with Crippen LogP contribution in [0.2, 0.25) is 5.54 Å². The van der Waals surface area contributed by atoms with Crippen LogP contribution in [0, 0.1) is 13.8 Å². The summed E-state index contributed by atoms with van der Waals surface area (Å²) in [4.78, 5) is -1.64. The lowest BCUT2D eigenvalue weighted by Gasteiger charge is -2.30. The average Bonchev–Trinajstić information content (AvgIpc) is 2.61. The van der Waals surface area contributed by atoms with Crippen molar-refractivity contribution in [3.8, 4) is 0 Å². The predicted octanol–water partition coefficient (Wildman–Crippen LogP) is 2.93. The van der Waals surface area contributed by atoms with E-state index in [9.17, 15) is 13.5 Å². The molecule has 2 radical (unpaired) electrons. The fraction of sp³-hybridized carbons (Fsp3) is 0.300. The molecule has 0 saturated heterocycles. The summed E-state index contributed by atoms with van der Waals surface area (Å²) in [5, 5.41) is 12.1. The van der Waals surface area contributed by atoms with Gasteiger partial charge in [0.2, 0.25) is 9.84 Å². The molecule has 1 N–H and O–H groups in total. The van der Waals surface area contributed by atoms with E-state index in [-0.39, 0.29) is 16.9 Å². The fourth-order valence-electron chi connectivity index (χ4n) is 3.06. The first-order valence-corrected chi connectivity index (χ1v) is 10.9. The topological polar surface area (TPSA) is 54.4 Å². The highest BCUT2D eigenvalue weighted by molar-refractivity contribution is 7.92. The zero-order valence-electron chi connectivity index (χ0n) is 14.4. The molecule has 0 amide bonds. The second-order valence-electron chi connectivity index (χ2n) is 6.56. The molecule has 1 aliphatic rings. The van der Waals surface area contributed by atoms with Gasteiger partial charge >= 0.3 is 0 Å². The van der Waals surface area contributed by atoms with Crippen molar-refractivity contribution in [1.82, 2.24) is 0 Å². The lowest BCUT2D eigenvalue weighted by atomic mass is 10.0. The first-order chi connectivity index (χ1) is 11.8. The Bertz CT molecular complexity index is 890. The minimum absolute atomic E-state index is 0.164. The van der Waals surface area contributed by atoms with Crippen LogP contribution in [0.3, 0.4) is 0 Å². The first-order valence-electron chi connectivity index (χ1n) is 8.38. The monoisotopic (exact) mass is 370 g/mol. The minimum Gasteiger partial charge on any atom is -0.371 e. The molecule has 0 heterocycles. The van der Waals surface area contributed by atoms with Crippen molar-refractivity contribution >= 4 is 24.5 Å². The molecular weight excluding hydrogens is 348 g/mol. The molecule has 2 aromatic rings. The van der Waals surface area contributed by atoms with Crippen molar-refractivity contribution < 1.29 is 13.5 Å². The Morgan fingerprint density at radius 3 is 2.44 bits per heavy atom. The molecule has 130 valence electrons. The smallest absolute Gasteiger partial charge is 0.211 e. The molecule has 25 heavy (non-hydrogen) atoms. The molecule has 3 rings (SSSR count). The maximum Gasteiger partial charge on any atom is 0.211 e. The van der Waals surface area contributed by atoms with Crippen LogP contribution in [0.4, 0.5) is 0 Å². The quantitative estimate of drug-likeness (QED) is 0.665. The van der Waals surface area contributed by atoms with E-state index >= 15 is 0 Å². The maximum atomic E-state index is 12.8. The Kier molecular flexibility index (Phi) is 5.00. The summed E-state index contributed by atoms with van der Waals surface area (Å²) in [5.74, 6) is 0. The predicted molar refractivity (Wildman–Crippen MR) is 102 cm³/mol. The molecule has 0 aromatic heterocycles. The summed E-state index contributed by atoms with van der Waals surface area (Å²) in [5.41, 5.74) is 2.84. The minimum atomic E-state index is -3.80. The Labute approximate surface area is 152 Å². The van der Waals surface area contributed by atoms with E-state index in [4.69, 9.17) is 0 Å². The summed E-state index contributed by atoms with van der Waals surface area (Å²) in [6, 6.07) is 14.5. The van der Waals surface area contributed by atoms with Crippen molar-refractivity contribution in [2.45, 2.75) is 42.1 Å². The van der Waals surface area contributed by atoms with Gasteiger partial charge in [-0.1, -0.05) is 47.7 Å². The molecule has 0 bridgehead atoms. The molecule has 0 saturated carbocycles. The molecule has 2 aromatic carbocycles. The lowest BCUT2D eigenvalue weighted by molar-refractivity contribution is 0.155. The van der Waals surface area contributed by atoms with Crippen molar-refractivity contribution in [2.24, 2.45) is 0 Å². The largest absolute Gasteiger partial charge is 0.371 e. The molecule has 5 heteroatoms. The molecule has 1 aliphatic carbocycles. The Morgan fingerprint density at radius 1 is 1.08 bits per heavy atom. The third kappa shape index (κ3) is 3.49. The number of hydrogen-bond acceptors (Lipinski definition) is 3. The zero-order chi connectivity index (χ0) is 18.1. The van der Waals surface area contributed by atoms with Gasteiger partial charge in [0.05, 0.1) is 14.4 Å². The third-order valence-electron chi connectivity index (χ3n) is 4.87. The third-order valence-corrected chi connectivity index (χ3v) is 8.74. The van der Waals surface area contributed by atoms with E-state index in [1.807, 2.05) is 6.08 Å². The highest BCUT2D eigenvalue weighted by Crippen LogP contribution is 2.36. The first kappa shape index (κ1) is 18.1. The van der Waals surface area contributed by atoms with Crippen LogP contribution in [-0.4, -0.2) is 28.0 Å². The van der Waals surface area contributed by atoms with Crippen LogP contribution < -0.4 is 5.19 Å². The van der Waals surface area contributed by atoms with Crippen LogP contribution in [0.1, 0.15) is 24.0 Å². The summed E-state index contributed by atoms with van der Waals surface area (Å²) in [6.45, 7) is 4.23. The summed E-state index contributed by atoms with van der Waals surface area (Å²) in [6.07, 6.45) is 4.25. The van der Waals surface area contributed by atoms with Crippen molar-refractivity contribution in [3.63, 3.8) is 0 Å². The van der Waals surface area contributed by atoms with E-state index < -0.39 is 14.8 Å².